The zero-order valence-corrected chi connectivity index (χ0v) is 11.7. The van der Waals surface area contributed by atoms with E-state index in [2.05, 4.69) is 27.5 Å². The van der Waals surface area contributed by atoms with E-state index in [1.165, 1.54) is 0 Å². The minimum atomic E-state index is -0.190. The molecule has 0 aliphatic rings. The van der Waals surface area contributed by atoms with Crippen molar-refractivity contribution in [2.75, 3.05) is 17.2 Å². The van der Waals surface area contributed by atoms with Gasteiger partial charge in [-0.05, 0) is 43.2 Å². The molecule has 104 valence electrons. The number of carbonyl (C=O) groups is 1. The second-order valence-corrected chi connectivity index (χ2v) is 4.53. The lowest BCUT2D eigenvalue weighted by Crippen LogP contribution is -2.14. The predicted molar refractivity (Wildman–Crippen MR) is 79.9 cm³/mol. The lowest BCUT2D eigenvalue weighted by atomic mass is 10.2. The van der Waals surface area contributed by atoms with E-state index in [-0.39, 0.29) is 5.91 Å². The summed E-state index contributed by atoms with van der Waals surface area (Å²) in [6.45, 7) is 4.86. The minimum absolute atomic E-state index is 0.190. The van der Waals surface area contributed by atoms with Crippen LogP contribution in [0.15, 0.2) is 36.7 Å². The Bertz CT molecular complexity index is 598. The van der Waals surface area contributed by atoms with Crippen LogP contribution in [0.25, 0.3) is 0 Å². The van der Waals surface area contributed by atoms with Crippen molar-refractivity contribution in [3.05, 3.63) is 47.8 Å². The fraction of sp³-hybridized carbons (Fsp3) is 0.267. The van der Waals surface area contributed by atoms with E-state index in [0.717, 1.165) is 18.5 Å². The summed E-state index contributed by atoms with van der Waals surface area (Å²) in [4.78, 5) is 20.4. The molecular weight excluding hydrogens is 252 g/mol. The van der Waals surface area contributed by atoms with E-state index >= 15 is 0 Å². The summed E-state index contributed by atoms with van der Waals surface area (Å²) in [5.74, 6) is 1.07. The molecular formula is C15H18N4O. The summed E-state index contributed by atoms with van der Waals surface area (Å²) in [7, 11) is 0. The van der Waals surface area contributed by atoms with Gasteiger partial charge in [-0.2, -0.15) is 0 Å². The van der Waals surface area contributed by atoms with Crippen LogP contribution in [-0.2, 0) is 0 Å². The van der Waals surface area contributed by atoms with Crippen molar-refractivity contribution in [3.63, 3.8) is 0 Å². The van der Waals surface area contributed by atoms with Gasteiger partial charge in [0.15, 0.2) is 0 Å². The molecule has 1 amide bonds. The highest BCUT2D eigenvalue weighted by molar-refractivity contribution is 6.04. The zero-order chi connectivity index (χ0) is 14.4. The third-order valence-electron chi connectivity index (χ3n) is 2.74. The van der Waals surface area contributed by atoms with Crippen molar-refractivity contribution < 1.29 is 4.79 Å². The number of anilines is 2. The Morgan fingerprint density at radius 3 is 2.65 bits per heavy atom. The van der Waals surface area contributed by atoms with Gasteiger partial charge in [0, 0.05) is 24.5 Å². The number of aromatic nitrogens is 2. The van der Waals surface area contributed by atoms with Gasteiger partial charge < -0.3 is 10.6 Å². The van der Waals surface area contributed by atoms with Gasteiger partial charge in [-0.25, -0.2) is 9.97 Å². The van der Waals surface area contributed by atoms with Gasteiger partial charge in [0.25, 0.3) is 5.91 Å². The molecule has 0 radical (unpaired) electrons. The van der Waals surface area contributed by atoms with Crippen LogP contribution in [0.2, 0.25) is 0 Å². The molecule has 2 heterocycles. The Labute approximate surface area is 118 Å². The highest BCUT2D eigenvalue weighted by Crippen LogP contribution is 2.11. The lowest BCUT2D eigenvalue weighted by molar-refractivity contribution is 0.102. The summed E-state index contributed by atoms with van der Waals surface area (Å²) < 4.78 is 0. The van der Waals surface area contributed by atoms with Crippen LogP contribution in [0, 0.1) is 6.92 Å². The first-order valence-electron chi connectivity index (χ1n) is 6.63. The standard InChI is InChI=1S/C15H18N4O/c1-3-6-16-13-10-12(5-8-17-13)15(20)19-14-9-11(2)4-7-18-14/h4-5,7-10H,3,6H2,1-2H3,(H,16,17)(H,18,19,20). The molecule has 0 unspecified atom stereocenters. The highest BCUT2D eigenvalue weighted by atomic mass is 16.1. The van der Waals surface area contributed by atoms with Crippen LogP contribution < -0.4 is 10.6 Å². The van der Waals surface area contributed by atoms with Gasteiger partial charge in [0.05, 0.1) is 0 Å². The topological polar surface area (TPSA) is 66.9 Å². The van der Waals surface area contributed by atoms with Crippen molar-refractivity contribution in [1.82, 2.24) is 9.97 Å². The third-order valence-corrected chi connectivity index (χ3v) is 2.74. The van der Waals surface area contributed by atoms with Crippen LogP contribution in [0.5, 0.6) is 0 Å². The van der Waals surface area contributed by atoms with Crippen LogP contribution in [0.4, 0.5) is 11.6 Å². The van der Waals surface area contributed by atoms with Gasteiger partial charge in [-0.1, -0.05) is 6.92 Å². The Kier molecular flexibility index (Phi) is 4.65. The van der Waals surface area contributed by atoms with Gasteiger partial charge in [-0.15, -0.1) is 0 Å². The molecule has 2 aromatic heterocycles. The summed E-state index contributed by atoms with van der Waals surface area (Å²) in [5.41, 5.74) is 1.61. The van der Waals surface area contributed by atoms with E-state index in [9.17, 15) is 4.79 Å². The van der Waals surface area contributed by atoms with Crippen molar-refractivity contribution in [2.45, 2.75) is 20.3 Å². The minimum Gasteiger partial charge on any atom is -0.370 e. The number of aryl methyl sites for hydroxylation is 1. The summed E-state index contributed by atoms with van der Waals surface area (Å²) in [6.07, 6.45) is 4.30. The van der Waals surface area contributed by atoms with Crippen LogP contribution in [0.3, 0.4) is 0 Å². The number of nitrogens with zero attached hydrogens (tertiary/aromatic N) is 2. The first-order chi connectivity index (χ1) is 9.69. The van der Waals surface area contributed by atoms with Crippen LogP contribution in [-0.4, -0.2) is 22.4 Å². The maximum atomic E-state index is 12.1. The second kappa shape index (κ2) is 6.65. The molecule has 0 bridgehead atoms. The lowest BCUT2D eigenvalue weighted by Gasteiger charge is -2.07. The van der Waals surface area contributed by atoms with Crippen molar-refractivity contribution >= 4 is 17.5 Å². The second-order valence-electron chi connectivity index (χ2n) is 4.53. The van der Waals surface area contributed by atoms with E-state index < -0.39 is 0 Å². The van der Waals surface area contributed by atoms with Gasteiger partial charge in [0.1, 0.15) is 11.6 Å². The molecule has 0 spiro atoms. The number of nitrogens with one attached hydrogen (secondary N) is 2. The summed E-state index contributed by atoms with van der Waals surface area (Å²) in [5, 5.41) is 5.93. The van der Waals surface area contributed by atoms with E-state index in [4.69, 9.17) is 0 Å². The quantitative estimate of drug-likeness (QED) is 0.876. The average Bonchev–Trinajstić information content (AvgIpc) is 2.45. The predicted octanol–water partition coefficient (Wildman–Crippen LogP) is 2.86. The van der Waals surface area contributed by atoms with Crippen molar-refractivity contribution in [1.29, 1.82) is 0 Å². The zero-order valence-electron chi connectivity index (χ0n) is 11.7. The van der Waals surface area contributed by atoms with Gasteiger partial charge in [-0.3, -0.25) is 4.79 Å². The molecule has 0 atom stereocenters. The van der Waals surface area contributed by atoms with E-state index in [1.54, 1.807) is 24.5 Å². The van der Waals surface area contributed by atoms with Gasteiger partial charge in [0.2, 0.25) is 0 Å². The fourth-order valence-electron chi connectivity index (χ4n) is 1.71. The maximum Gasteiger partial charge on any atom is 0.257 e. The van der Waals surface area contributed by atoms with Crippen molar-refractivity contribution in [3.8, 4) is 0 Å². The number of hydrogen-bond donors (Lipinski definition) is 2. The monoisotopic (exact) mass is 270 g/mol. The average molecular weight is 270 g/mol. The normalized spacial score (nSPS) is 10.1. The third kappa shape index (κ3) is 3.78. The molecule has 2 aromatic rings. The summed E-state index contributed by atoms with van der Waals surface area (Å²) in [6, 6.07) is 7.13. The molecule has 20 heavy (non-hydrogen) atoms. The highest BCUT2D eigenvalue weighted by Gasteiger charge is 2.08. The van der Waals surface area contributed by atoms with E-state index in [0.29, 0.717) is 17.2 Å². The molecule has 0 aliphatic heterocycles. The number of hydrogen-bond acceptors (Lipinski definition) is 4. The van der Waals surface area contributed by atoms with Crippen molar-refractivity contribution in [2.24, 2.45) is 0 Å². The molecule has 2 N–H and O–H groups in total. The summed E-state index contributed by atoms with van der Waals surface area (Å²) >= 11 is 0. The number of pyridine rings is 2. The Morgan fingerprint density at radius 1 is 1.15 bits per heavy atom. The van der Waals surface area contributed by atoms with Gasteiger partial charge >= 0.3 is 0 Å². The fourth-order valence-corrected chi connectivity index (χ4v) is 1.71. The molecule has 0 aromatic carbocycles. The van der Waals surface area contributed by atoms with Crippen LogP contribution in [0.1, 0.15) is 29.3 Å². The maximum absolute atomic E-state index is 12.1. The first-order valence-corrected chi connectivity index (χ1v) is 6.63. The Morgan fingerprint density at radius 2 is 1.90 bits per heavy atom. The number of carbonyl (C=O) groups excluding carboxylic acids is 1. The number of amides is 1. The van der Waals surface area contributed by atoms with E-state index in [1.807, 2.05) is 19.1 Å². The number of rotatable bonds is 5. The molecule has 0 saturated heterocycles. The molecule has 0 aliphatic carbocycles. The van der Waals surface area contributed by atoms with Crippen LogP contribution >= 0.6 is 0 Å². The molecule has 0 saturated carbocycles. The molecule has 0 fully saturated rings. The SMILES string of the molecule is CCCNc1cc(C(=O)Nc2cc(C)ccn2)ccn1. The molecule has 5 nitrogen and oxygen atoms in total. The molecule has 5 heteroatoms. The Hall–Kier alpha value is -2.43. The smallest absolute Gasteiger partial charge is 0.257 e. The first kappa shape index (κ1) is 14.0. The largest absolute Gasteiger partial charge is 0.370 e. The Balaban J connectivity index is 2.09. The molecule has 2 rings (SSSR count).